The Balaban J connectivity index is 1.27. The largest absolute Gasteiger partial charge is 0.369 e. The van der Waals surface area contributed by atoms with E-state index in [0.717, 1.165) is 56.0 Å². The zero-order valence-corrected chi connectivity index (χ0v) is 16.9. The van der Waals surface area contributed by atoms with Crippen LogP contribution in [0, 0.1) is 13.8 Å². The van der Waals surface area contributed by atoms with E-state index in [1.165, 1.54) is 17.6 Å². The average molecular weight is 380 g/mol. The van der Waals surface area contributed by atoms with Crippen LogP contribution >= 0.6 is 0 Å². The van der Waals surface area contributed by atoms with Gasteiger partial charge in [-0.2, -0.15) is 4.98 Å². The topological polar surface area (TPSA) is 70.3 Å². The predicted octanol–water partition coefficient (Wildman–Crippen LogP) is 3.25. The molecule has 1 saturated heterocycles. The quantitative estimate of drug-likeness (QED) is 0.658. The molecule has 1 aliphatic heterocycles. The Hall–Kier alpha value is -2.67. The number of nitrogens with one attached hydrogen (secondary N) is 1. The molecule has 3 aromatic rings. The molecule has 1 N–H and O–H groups in total. The smallest absolute Gasteiger partial charge is 0.263 e. The van der Waals surface area contributed by atoms with Crippen molar-refractivity contribution in [1.29, 1.82) is 0 Å². The third-order valence-corrected chi connectivity index (χ3v) is 5.43. The van der Waals surface area contributed by atoms with Gasteiger partial charge in [-0.25, -0.2) is 4.98 Å². The van der Waals surface area contributed by atoms with Crippen molar-refractivity contribution >= 4 is 22.6 Å². The minimum absolute atomic E-state index is 0.518. The molecule has 0 bridgehead atoms. The van der Waals surface area contributed by atoms with Gasteiger partial charge in [0, 0.05) is 37.9 Å². The van der Waals surface area contributed by atoms with E-state index in [1.54, 1.807) is 0 Å². The highest BCUT2D eigenvalue weighted by Gasteiger charge is 2.23. The molecule has 148 valence electrons. The molecule has 1 atom stereocenters. The number of rotatable bonds is 6. The van der Waals surface area contributed by atoms with Crippen molar-refractivity contribution in [3.05, 3.63) is 41.9 Å². The van der Waals surface area contributed by atoms with Crippen molar-refractivity contribution in [3.8, 4) is 0 Å². The van der Waals surface area contributed by atoms with E-state index in [-0.39, 0.29) is 0 Å². The van der Waals surface area contributed by atoms with Gasteiger partial charge in [0.2, 0.25) is 0 Å². The van der Waals surface area contributed by atoms with Crippen molar-refractivity contribution in [2.24, 2.45) is 0 Å². The fourth-order valence-corrected chi connectivity index (χ4v) is 3.99. The van der Waals surface area contributed by atoms with E-state index in [9.17, 15) is 0 Å². The molecule has 1 aromatic carbocycles. The van der Waals surface area contributed by atoms with E-state index in [2.05, 4.69) is 68.4 Å². The summed E-state index contributed by atoms with van der Waals surface area (Å²) >= 11 is 0. The van der Waals surface area contributed by atoms with Crippen molar-refractivity contribution in [1.82, 2.24) is 20.0 Å². The highest BCUT2D eigenvalue weighted by atomic mass is 16.5. The minimum atomic E-state index is 0.518. The lowest BCUT2D eigenvalue weighted by Gasteiger charge is -2.41. The standard InChI is InChI=1S/C21H28N6O/c1-15-6-4-7-18(12-15)27-11-10-26(13-16(27)2)9-5-8-22-20-19-17(3)25-28-21(19)24-14-23-20/h4,6-7,12,14,16H,5,8-11,13H2,1-3H3,(H,22,23,24)/t16-/m0/s1. The van der Waals surface area contributed by atoms with Crippen LogP contribution in [-0.4, -0.2) is 58.8 Å². The first-order valence-electron chi connectivity index (χ1n) is 9.98. The number of hydrogen-bond donors (Lipinski definition) is 1. The summed E-state index contributed by atoms with van der Waals surface area (Å²) in [4.78, 5) is 13.5. The molecule has 0 radical (unpaired) electrons. The van der Waals surface area contributed by atoms with Gasteiger partial charge in [0.25, 0.3) is 5.71 Å². The number of anilines is 2. The summed E-state index contributed by atoms with van der Waals surface area (Å²) in [7, 11) is 0. The predicted molar refractivity (Wildman–Crippen MR) is 112 cm³/mol. The molecule has 0 spiro atoms. The molecular weight excluding hydrogens is 352 g/mol. The van der Waals surface area contributed by atoms with Crippen LogP contribution in [0.5, 0.6) is 0 Å². The number of piperazine rings is 1. The Morgan fingerprint density at radius 1 is 1.21 bits per heavy atom. The van der Waals surface area contributed by atoms with E-state index >= 15 is 0 Å². The van der Waals surface area contributed by atoms with Crippen molar-refractivity contribution in [3.63, 3.8) is 0 Å². The van der Waals surface area contributed by atoms with Crippen molar-refractivity contribution in [2.75, 3.05) is 42.9 Å². The van der Waals surface area contributed by atoms with Crippen LogP contribution in [0.3, 0.4) is 0 Å². The van der Waals surface area contributed by atoms with E-state index < -0.39 is 0 Å². The number of hydrogen-bond acceptors (Lipinski definition) is 7. The molecule has 0 unspecified atom stereocenters. The van der Waals surface area contributed by atoms with Crippen LogP contribution in [0.4, 0.5) is 11.5 Å². The first kappa shape index (κ1) is 18.7. The third-order valence-electron chi connectivity index (χ3n) is 5.43. The zero-order chi connectivity index (χ0) is 19.5. The van der Waals surface area contributed by atoms with Crippen LogP contribution in [0.15, 0.2) is 35.1 Å². The monoisotopic (exact) mass is 380 g/mol. The molecule has 0 amide bonds. The Kier molecular flexibility index (Phi) is 5.43. The molecule has 1 fully saturated rings. The zero-order valence-electron chi connectivity index (χ0n) is 16.9. The summed E-state index contributed by atoms with van der Waals surface area (Å²) in [6.07, 6.45) is 2.58. The number of aromatic nitrogens is 3. The minimum Gasteiger partial charge on any atom is -0.369 e. The second-order valence-corrected chi connectivity index (χ2v) is 7.63. The van der Waals surface area contributed by atoms with Crippen molar-refractivity contribution < 1.29 is 4.52 Å². The summed E-state index contributed by atoms with van der Waals surface area (Å²) in [5, 5.41) is 8.27. The molecule has 2 aromatic heterocycles. The van der Waals surface area contributed by atoms with Gasteiger partial charge in [0.05, 0.1) is 5.69 Å². The summed E-state index contributed by atoms with van der Waals surface area (Å²) in [6.45, 7) is 11.6. The Morgan fingerprint density at radius 2 is 2.11 bits per heavy atom. The maximum atomic E-state index is 5.20. The Bertz CT molecular complexity index is 940. The van der Waals surface area contributed by atoms with Crippen molar-refractivity contribution in [2.45, 2.75) is 33.2 Å². The Morgan fingerprint density at radius 3 is 2.93 bits per heavy atom. The van der Waals surface area contributed by atoms with Gasteiger partial charge in [-0.15, -0.1) is 0 Å². The van der Waals surface area contributed by atoms with Gasteiger partial charge in [0.15, 0.2) is 0 Å². The number of aryl methyl sites for hydroxylation is 2. The fourth-order valence-electron chi connectivity index (χ4n) is 3.99. The lowest BCUT2D eigenvalue weighted by atomic mass is 10.1. The van der Waals surface area contributed by atoms with Gasteiger partial charge in [-0.05, 0) is 51.4 Å². The molecule has 3 heterocycles. The molecule has 4 rings (SSSR count). The molecule has 1 aliphatic rings. The van der Waals surface area contributed by atoms with Crippen LogP contribution in [-0.2, 0) is 0 Å². The van der Waals surface area contributed by atoms with Crippen LogP contribution < -0.4 is 10.2 Å². The van der Waals surface area contributed by atoms with E-state index in [0.29, 0.717) is 11.8 Å². The fraction of sp³-hybridized carbons (Fsp3) is 0.476. The normalized spacial score (nSPS) is 18.0. The van der Waals surface area contributed by atoms with E-state index in [1.807, 2.05) is 6.92 Å². The summed E-state index contributed by atoms with van der Waals surface area (Å²) in [5.41, 5.74) is 4.01. The lowest BCUT2D eigenvalue weighted by Crippen LogP contribution is -2.52. The molecular formula is C21H28N6O. The van der Waals surface area contributed by atoms with Gasteiger partial charge in [-0.3, -0.25) is 4.90 Å². The molecule has 0 aliphatic carbocycles. The van der Waals surface area contributed by atoms with Crippen LogP contribution in [0.25, 0.3) is 11.1 Å². The maximum absolute atomic E-state index is 5.20. The summed E-state index contributed by atoms with van der Waals surface area (Å²) < 4.78 is 5.20. The summed E-state index contributed by atoms with van der Waals surface area (Å²) in [6, 6.07) is 9.33. The molecule has 7 nitrogen and oxygen atoms in total. The SMILES string of the molecule is Cc1cccc(N2CCN(CCCNc3ncnc4onc(C)c34)C[C@@H]2C)c1. The van der Waals surface area contributed by atoms with Crippen LogP contribution in [0.1, 0.15) is 24.6 Å². The number of benzene rings is 1. The average Bonchev–Trinajstić information content (AvgIpc) is 3.07. The molecule has 0 saturated carbocycles. The van der Waals surface area contributed by atoms with Gasteiger partial charge >= 0.3 is 0 Å². The second kappa shape index (κ2) is 8.14. The van der Waals surface area contributed by atoms with Gasteiger partial charge in [0.1, 0.15) is 17.5 Å². The summed E-state index contributed by atoms with van der Waals surface area (Å²) in [5.74, 6) is 0.807. The highest BCUT2D eigenvalue weighted by Crippen LogP contribution is 2.23. The lowest BCUT2D eigenvalue weighted by molar-refractivity contribution is 0.228. The first-order chi connectivity index (χ1) is 13.6. The van der Waals surface area contributed by atoms with Gasteiger partial charge < -0.3 is 14.7 Å². The maximum Gasteiger partial charge on any atom is 0.263 e. The third kappa shape index (κ3) is 3.94. The second-order valence-electron chi connectivity index (χ2n) is 7.63. The highest BCUT2D eigenvalue weighted by molar-refractivity contribution is 5.87. The number of nitrogens with zero attached hydrogens (tertiary/aromatic N) is 5. The number of fused-ring (bicyclic) bond motifs is 1. The van der Waals surface area contributed by atoms with Crippen LogP contribution in [0.2, 0.25) is 0 Å². The van der Waals surface area contributed by atoms with Gasteiger partial charge in [-0.1, -0.05) is 17.3 Å². The first-order valence-corrected chi connectivity index (χ1v) is 9.98. The van der Waals surface area contributed by atoms with E-state index in [4.69, 9.17) is 4.52 Å². The molecule has 7 heteroatoms. The Labute approximate surface area is 165 Å². The molecule has 28 heavy (non-hydrogen) atoms.